The van der Waals surface area contributed by atoms with Crippen LogP contribution in [0.4, 0.5) is 5.69 Å². The molecule has 5 nitrogen and oxygen atoms in total. The Labute approximate surface area is 181 Å². The van der Waals surface area contributed by atoms with Crippen LogP contribution in [-0.4, -0.2) is 55.9 Å². The predicted octanol–water partition coefficient (Wildman–Crippen LogP) is 3.91. The van der Waals surface area contributed by atoms with Crippen molar-refractivity contribution >= 4 is 21.4 Å². The van der Waals surface area contributed by atoms with Gasteiger partial charge in [-0.3, -0.25) is 4.79 Å². The first kappa shape index (κ1) is 21.7. The van der Waals surface area contributed by atoms with Crippen molar-refractivity contribution in [2.24, 2.45) is 0 Å². The Morgan fingerprint density at radius 3 is 2.53 bits per heavy atom. The minimum Gasteiger partial charge on any atom is -0.362 e. The molecule has 1 atom stereocenters. The van der Waals surface area contributed by atoms with Crippen LogP contribution in [0.1, 0.15) is 75.8 Å². The lowest BCUT2D eigenvalue weighted by Gasteiger charge is -2.40. The third-order valence-corrected chi connectivity index (χ3v) is 8.92. The molecule has 30 heavy (non-hydrogen) atoms. The maximum Gasteiger partial charge on any atom is 0.242 e. The smallest absolute Gasteiger partial charge is 0.242 e. The molecule has 0 radical (unpaired) electrons. The van der Waals surface area contributed by atoms with Crippen LogP contribution in [0, 0.1) is 0 Å². The highest BCUT2D eigenvalue weighted by Gasteiger charge is 2.39. The molecule has 2 aliphatic heterocycles. The number of hydrogen-bond acceptors (Lipinski definition) is 4. The van der Waals surface area contributed by atoms with E-state index in [2.05, 4.69) is 36.9 Å². The number of fused-ring (bicyclic) bond motifs is 1. The van der Waals surface area contributed by atoms with E-state index in [0.717, 1.165) is 45.1 Å². The fourth-order valence-electron chi connectivity index (χ4n) is 5.52. The molecule has 0 N–H and O–H groups in total. The maximum atomic E-state index is 13.6. The molecule has 1 unspecified atom stereocenters. The molecule has 4 rings (SSSR count). The summed E-state index contributed by atoms with van der Waals surface area (Å²) in [7, 11) is -3.01. The Morgan fingerprint density at radius 2 is 1.87 bits per heavy atom. The molecule has 0 bridgehead atoms. The lowest BCUT2D eigenvalue weighted by atomic mass is 9.92. The number of nitrogens with zero attached hydrogens (tertiary/aromatic N) is 2. The second-order valence-electron chi connectivity index (χ2n) is 9.72. The largest absolute Gasteiger partial charge is 0.362 e. The Morgan fingerprint density at radius 1 is 1.10 bits per heavy atom. The van der Waals surface area contributed by atoms with Crippen molar-refractivity contribution in [3.05, 3.63) is 29.3 Å². The van der Waals surface area contributed by atoms with Crippen LogP contribution in [-0.2, 0) is 21.1 Å². The van der Waals surface area contributed by atoms with Gasteiger partial charge in [0.15, 0.2) is 9.84 Å². The van der Waals surface area contributed by atoms with E-state index >= 15 is 0 Å². The van der Waals surface area contributed by atoms with Crippen LogP contribution in [0.2, 0.25) is 0 Å². The molecule has 0 aromatic heterocycles. The van der Waals surface area contributed by atoms with Gasteiger partial charge in [0.25, 0.3) is 0 Å². The van der Waals surface area contributed by atoms with Crippen LogP contribution >= 0.6 is 0 Å². The van der Waals surface area contributed by atoms with E-state index in [1.165, 1.54) is 23.2 Å². The van der Waals surface area contributed by atoms with Gasteiger partial charge in [0.05, 0.1) is 18.1 Å². The summed E-state index contributed by atoms with van der Waals surface area (Å²) in [6.07, 6.45) is 8.24. The molecule has 6 heteroatoms. The Bertz CT molecular complexity index is 874. The summed E-state index contributed by atoms with van der Waals surface area (Å²) >= 11 is 0. The summed E-state index contributed by atoms with van der Waals surface area (Å²) in [4.78, 5) is 17.8. The molecule has 2 fully saturated rings. The highest BCUT2D eigenvalue weighted by molar-refractivity contribution is 7.91. The summed E-state index contributed by atoms with van der Waals surface area (Å²) in [5.74, 6) is 0.977. The Balaban J connectivity index is 1.54. The van der Waals surface area contributed by atoms with Gasteiger partial charge in [-0.1, -0.05) is 45.2 Å². The van der Waals surface area contributed by atoms with Crippen molar-refractivity contribution in [2.45, 2.75) is 83.2 Å². The van der Waals surface area contributed by atoms with Gasteiger partial charge in [-0.2, -0.15) is 0 Å². The van der Waals surface area contributed by atoms with Crippen molar-refractivity contribution in [3.63, 3.8) is 0 Å². The summed E-state index contributed by atoms with van der Waals surface area (Å²) in [6.45, 7) is 5.68. The summed E-state index contributed by atoms with van der Waals surface area (Å²) < 4.78 is 24.3. The highest BCUT2D eigenvalue weighted by Crippen LogP contribution is 2.32. The molecule has 2 heterocycles. The normalized spacial score (nSPS) is 24.1. The molecule has 1 saturated carbocycles. The number of sulfone groups is 1. The number of carbonyl (C=O) groups is 1. The predicted molar refractivity (Wildman–Crippen MR) is 122 cm³/mol. The molecule has 166 valence electrons. The molecule has 1 amide bonds. The summed E-state index contributed by atoms with van der Waals surface area (Å²) in [5, 5.41) is 0. The molecule has 1 saturated heterocycles. The molecule has 3 aliphatic rings. The fraction of sp³-hybridized carbons (Fsp3) is 0.708. The minimum absolute atomic E-state index is 0.116. The second kappa shape index (κ2) is 8.89. The van der Waals surface area contributed by atoms with E-state index in [1.54, 1.807) is 0 Å². The van der Waals surface area contributed by atoms with E-state index in [0.29, 0.717) is 18.9 Å². The van der Waals surface area contributed by atoms with Crippen LogP contribution in [0.5, 0.6) is 0 Å². The number of rotatable bonds is 5. The van der Waals surface area contributed by atoms with E-state index < -0.39 is 9.84 Å². The van der Waals surface area contributed by atoms with Crippen LogP contribution in [0.15, 0.2) is 18.2 Å². The van der Waals surface area contributed by atoms with Gasteiger partial charge >= 0.3 is 0 Å². The van der Waals surface area contributed by atoms with Crippen molar-refractivity contribution in [1.29, 1.82) is 0 Å². The fourth-order valence-corrected chi connectivity index (χ4v) is 7.23. The standard InChI is InChI=1S/C24H36N2O3S/c1-18(2)19-10-11-23-20(15-19)7-6-13-25(23)16-24(27)26(21-8-4-3-5-9-21)22-12-14-30(28,29)17-22/h10-11,15,18,21-22H,3-9,12-14,16-17H2,1-2H3. The number of amides is 1. The van der Waals surface area contributed by atoms with Crippen LogP contribution in [0.25, 0.3) is 0 Å². The monoisotopic (exact) mass is 432 g/mol. The number of carbonyl (C=O) groups excluding carboxylic acids is 1. The number of anilines is 1. The van der Waals surface area contributed by atoms with Gasteiger partial charge in [-0.25, -0.2) is 8.42 Å². The first-order valence-corrected chi connectivity index (χ1v) is 13.6. The number of hydrogen-bond donors (Lipinski definition) is 0. The first-order chi connectivity index (χ1) is 14.3. The maximum absolute atomic E-state index is 13.6. The lowest BCUT2D eigenvalue weighted by Crippen LogP contribution is -2.52. The zero-order valence-corrected chi connectivity index (χ0v) is 19.3. The molecule has 1 aromatic carbocycles. The van der Waals surface area contributed by atoms with Crippen LogP contribution in [0.3, 0.4) is 0 Å². The van der Waals surface area contributed by atoms with Gasteiger partial charge in [0.2, 0.25) is 5.91 Å². The van der Waals surface area contributed by atoms with Crippen molar-refractivity contribution < 1.29 is 13.2 Å². The average molecular weight is 433 g/mol. The summed E-state index contributed by atoms with van der Waals surface area (Å²) in [6, 6.07) is 6.74. The van der Waals surface area contributed by atoms with Gasteiger partial charge in [0, 0.05) is 24.3 Å². The quantitative estimate of drug-likeness (QED) is 0.708. The van der Waals surface area contributed by atoms with Crippen molar-refractivity contribution in [2.75, 3.05) is 29.5 Å². The zero-order valence-electron chi connectivity index (χ0n) is 18.5. The average Bonchev–Trinajstić information content (AvgIpc) is 3.08. The third kappa shape index (κ3) is 4.68. The SMILES string of the molecule is CC(C)c1ccc2c(c1)CCCN2CC(=O)N(C1CCCCC1)C1CCS(=O)(=O)C1. The third-order valence-electron chi connectivity index (χ3n) is 7.17. The topological polar surface area (TPSA) is 57.7 Å². The molecular formula is C24H36N2O3S. The minimum atomic E-state index is -3.01. The van der Waals surface area contributed by atoms with Gasteiger partial charge in [-0.05, 0) is 55.2 Å². The van der Waals surface area contributed by atoms with E-state index in [9.17, 15) is 13.2 Å². The van der Waals surface area contributed by atoms with E-state index in [-0.39, 0.29) is 29.5 Å². The number of benzene rings is 1. The molecule has 1 aliphatic carbocycles. The van der Waals surface area contributed by atoms with Crippen molar-refractivity contribution in [1.82, 2.24) is 4.90 Å². The summed E-state index contributed by atoms with van der Waals surface area (Å²) in [5.41, 5.74) is 3.87. The number of aryl methyl sites for hydroxylation is 1. The van der Waals surface area contributed by atoms with Gasteiger partial charge < -0.3 is 9.80 Å². The van der Waals surface area contributed by atoms with Gasteiger partial charge in [-0.15, -0.1) is 0 Å². The first-order valence-electron chi connectivity index (χ1n) is 11.7. The molecule has 0 spiro atoms. The van der Waals surface area contributed by atoms with Crippen LogP contribution < -0.4 is 4.90 Å². The molecule has 1 aromatic rings. The van der Waals surface area contributed by atoms with E-state index in [1.807, 2.05) is 4.90 Å². The van der Waals surface area contributed by atoms with Crippen molar-refractivity contribution in [3.8, 4) is 0 Å². The Kier molecular flexibility index (Phi) is 6.42. The zero-order chi connectivity index (χ0) is 21.3. The molecular weight excluding hydrogens is 396 g/mol. The van der Waals surface area contributed by atoms with Gasteiger partial charge in [0.1, 0.15) is 0 Å². The highest BCUT2D eigenvalue weighted by atomic mass is 32.2. The Hall–Kier alpha value is -1.56. The second-order valence-corrected chi connectivity index (χ2v) is 11.9. The van der Waals surface area contributed by atoms with E-state index in [4.69, 9.17) is 0 Å². The lowest BCUT2D eigenvalue weighted by molar-refractivity contribution is -0.135.